The molecule has 2 heterocycles. The molecule has 3 aromatic rings. The average Bonchev–Trinajstić information content (AvgIpc) is 3.14. The number of nitrogens with one attached hydrogen (secondary N) is 1. The highest BCUT2D eigenvalue weighted by molar-refractivity contribution is 7.89. The van der Waals surface area contributed by atoms with Gasteiger partial charge in [0.15, 0.2) is 0 Å². The molecule has 0 aliphatic heterocycles. The van der Waals surface area contributed by atoms with E-state index in [0.29, 0.717) is 23.2 Å². The number of hydrogen-bond donors (Lipinski definition) is 1. The molecule has 1 N–H and O–H groups in total. The van der Waals surface area contributed by atoms with E-state index in [4.69, 9.17) is 4.74 Å². The number of rotatable bonds is 6. The van der Waals surface area contributed by atoms with E-state index in [9.17, 15) is 8.42 Å². The molecule has 10 heteroatoms. The van der Waals surface area contributed by atoms with Gasteiger partial charge in [0.2, 0.25) is 20.1 Å². The Morgan fingerprint density at radius 1 is 1.29 bits per heavy atom. The van der Waals surface area contributed by atoms with Gasteiger partial charge in [0.1, 0.15) is 10.6 Å². The second-order valence-corrected chi connectivity index (χ2v) is 10.6. The highest BCUT2D eigenvalue weighted by Crippen LogP contribution is 2.32. The fourth-order valence-corrected chi connectivity index (χ4v) is 4.35. The van der Waals surface area contributed by atoms with E-state index in [2.05, 4.69) is 36.2 Å². The normalized spacial score (nSPS) is 12.7. The summed E-state index contributed by atoms with van der Waals surface area (Å²) in [6, 6.07) is 4.98. The Morgan fingerprint density at radius 3 is 2.57 bits per heavy atom. The lowest BCUT2D eigenvalue weighted by Crippen LogP contribution is -2.23. The molecule has 0 atom stereocenters. The predicted molar refractivity (Wildman–Crippen MR) is 111 cm³/mol. The van der Waals surface area contributed by atoms with Crippen LogP contribution in [0.4, 0.5) is 10.8 Å². The van der Waals surface area contributed by atoms with Gasteiger partial charge >= 0.3 is 0 Å². The average molecular weight is 424 g/mol. The predicted octanol–water partition coefficient (Wildman–Crippen LogP) is 3.48. The summed E-state index contributed by atoms with van der Waals surface area (Å²) in [6.45, 7) is 8.50. The van der Waals surface area contributed by atoms with Crippen molar-refractivity contribution >= 4 is 37.1 Å². The molecule has 2 aromatic heterocycles. The number of sulfonamides is 1. The Kier molecular flexibility index (Phi) is 5.39. The second-order valence-electron chi connectivity index (χ2n) is 7.52. The summed E-state index contributed by atoms with van der Waals surface area (Å²) in [5.41, 5.74) is 1.53. The smallest absolute Gasteiger partial charge is 0.246 e. The first kappa shape index (κ1) is 20.6. The molecular formula is C18H25N5O3S2. The molecule has 0 spiro atoms. The van der Waals surface area contributed by atoms with Crippen LogP contribution < -0.4 is 10.1 Å². The maximum Gasteiger partial charge on any atom is 0.246 e. The molecule has 0 saturated heterocycles. The van der Waals surface area contributed by atoms with Gasteiger partial charge in [-0.05, 0) is 25.1 Å². The Balaban J connectivity index is 1.94. The molecule has 0 aliphatic rings. The standard InChI is InChI=1S/C18H25N5O3S2/c1-7-26-13-9-8-12(10-14(13)28(24,25)22(5)6)19-16-21-23-11-15(18(2,3)4)20-17(23)27-16/h8-11H,7H2,1-6H3,(H,19,21). The molecular weight excluding hydrogens is 398 g/mol. The number of fused-ring (bicyclic) bond motifs is 1. The molecule has 3 rings (SSSR count). The van der Waals surface area contributed by atoms with Crippen LogP contribution in [-0.4, -0.2) is 48.0 Å². The Bertz CT molecular complexity index is 1060. The zero-order chi connectivity index (χ0) is 20.7. The van der Waals surface area contributed by atoms with E-state index < -0.39 is 10.0 Å². The lowest BCUT2D eigenvalue weighted by Gasteiger charge is -2.16. The molecule has 152 valence electrons. The molecule has 0 saturated carbocycles. The zero-order valence-electron chi connectivity index (χ0n) is 16.8. The molecule has 0 amide bonds. The first-order valence-corrected chi connectivity index (χ1v) is 11.1. The Labute approximate surface area is 169 Å². The van der Waals surface area contributed by atoms with Crippen LogP contribution in [0.25, 0.3) is 4.96 Å². The van der Waals surface area contributed by atoms with E-state index in [0.717, 1.165) is 10.7 Å². The van der Waals surface area contributed by atoms with E-state index in [1.165, 1.54) is 29.7 Å². The van der Waals surface area contributed by atoms with Crippen LogP contribution in [0, 0.1) is 0 Å². The number of ether oxygens (including phenoxy) is 1. The molecule has 0 unspecified atom stereocenters. The molecule has 8 nitrogen and oxygen atoms in total. The molecule has 0 bridgehead atoms. The summed E-state index contributed by atoms with van der Waals surface area (Å²) in [7, 11) is -0.659. The number of anilines is 2. The third-order valence-corrected chi connectivity index (χ3v) is 6.74. The summed E-state index contributed by atoms with van der Waals surface area (Å²) in [5.74, 6) is 0.325. The monoisotopic (exact) mass is 423 g/mol. The fourth-order valence-electron chi connectivity index (χ4n) is 2.49. The molecule has 0 radical (unpaired) electrons. The first-order valence-electron chi connectivity index (χ1n) is 8.85. The van der Waals surface area contributed by atoms with Crippen LogP contribution in [0.15, 0.2) is 29.3 Å². The third-order valence-electron chi connectivity index (χ3n) is 4.07. The molecule has 28 heavy (non-hydrogen) atoms. The lowest BCUT2D eigenvalue weighted by molar-refractivity contribution is 0.330. The third kappa shape index (κ3) is 3.98. The fraction of sp³-hybridized carbons (Fsp3) is 0.444. The van der Waals surface area contributed by atoms with Crippen molar-refractivity contribution in [2.24, 2.45) is 0 Å². The second kappa shape index (κ2) is 7.34. The van der Waals surface area contributed by atoms with Crippen LogP contribution in [0.2, 0.25) is 0 Å². The minimum Gasteiger partial charge on any atom is -0.492 e. The van der Waals surface area contributed by atoms with Gasteiger partial charge in [0.25, 0.3) is 0 Å². The quantitative estimate of drug-likeness (QED) is 0.653. The Morgan fingerprint density at radius 2 is 2.00 bits per heavy atom. The summed E-state index contributed by atoms with van der Waals surface area (Å²) >= 11 is 1.40. The van der Waals surface area contributed by atoms with Gasteiger partial charge in [0.05, 0.1) is 18.5 Å². The van der Waals surface area contributed by atoms with Crippen molar-refractivity contribution in [3.63, 3.8) is 0 Å². The van der Waals surface area contributed by atoms with Gasteiger partial charge in [-0.2, -0.15) is 0 Å². The number of aromatic nitrogens is 3. The van der Waals surface area contributed by atoms with Gasteiger partial charge in [-0.25, -0.2) is 22.2 Å². The van der Waals surface area contributed by atoms with Gasteiger partial charge < -0.3 is 10.1 Å². The van der Waals surface area contributed by atoms with Gasteiger partial charge in [-0.15, -0.1) is 5.10 Å². The maximum absolute atomic E-state index is 12.7. The van der Waals surface area contributed by atoms with Gasteiger partial charge in [-0.1, -0.05) is 32.1 Å². The molecule has 0 aliphatic carbocycles. The number of imidazole rings is 1. The SMILES string of the molecule is CCOc1ccc(Nc2nn3cc(C(C)(C)C)nc3s2)cc1S(=O)(=O)N(C)C. The van der Waals surface area contributed by atoms with Crippen LogP contribution in [0.5, 0.6) is 5.75 Å². The van der Waals surface area contributed by atoms with E-state index in [-0.39, 0.29) is 10.3 Å². The van der Waals surface area contributed by atoms with Crippen LogP contribution in [-0.2, 0) is 15.4 Å². The summed E-state index contributed by atoms with van der Waals surface area (Å²) < 4.78 is 33.7. The highest BCUT2D eigenvalue weighted by atomic mass is 32.2. The summed E-state index contributed by atoms with van der Waals surface area (Å²) in [5, 5.41) is 8.29. The number of benzene rings is 1. The van der Waals surface area contributed by atoms with Crippen LogP contribution in [0.3, 0.4) is 0 Å². The highest BCUT2D eigenvalue weighted by Gasteiger charge is 2.23. The minimum atomic E-state index is -3.65. The van der Waals surface area contributed by atoms with Gasteiger partial charge in [-0.3, -0.25) is 0 Å². The lowest BCUT2D eigenvalue weighted by atomic mass is 9.93. The maximum atomic E-state index is 12.7. The summed E-state index contributed by atoms with van der Waals surface area (Å²) in [4.78, 5) is 5.51. The van der Waals surface area contributed by atoms with Crippen molar-refractivity contribution in [1.29, 1.82) is 0 Å². The van der Waals surface area contributed by atoms with Crippen molar-refractivity contribution in [1.82, 2.24) is 18.9 Å². The molecule has 1 aromatic carbocycles. The van der Waals surface area contributed by atoms with Gasteiger partial charge in [0, 0.05) is 25.2 Å². The van der Waals surface area contributed by atoms with E-state index >= 15 is 0 Å². The van der Waals surface area contributed by atoms with Crippen molar-refractivity contribution < 1.29 is 13.2 Å². The van der Waals surface area contributed by atoms with E-state index in [1.54, 1.807) is 22.7 Å². The van der Waals surface area contributed by atoms with Crippen LogP contribution in [0.1, 0.15) is 33.4 Å². The summed E-state index contributed by atoms with van der Waals surface area (Å²) in [6.07, 6.45) is 1.91. The largest absolute Gasteiger partial charge is 0.492 e. The minimum absolute atomic E-state index is 0.0500. The first-order chi connectivity index (χ1) is 13.0. The van der Waals surface area contributed by atoms with E-state index in [1.807, 2.05) is 13.1 Å². The van der Waals surface area contributed by atoms with Crippen molar-refractivity contribution in [3.05, 3.63) is 30.1 Å². The molecule has 0 fully saturated rings. The number of nitrogens with zero attached hydrogens (tertiary/aromatic N) is 4. The van der Waals surface area contributed by atoms with Crippen molar-refractivity contribution in [2.45, 2.75) is 38.0 Å². The van der Waals surface area contributed by atoms with Crippen LogP contribution >= 0.6 is 11.3 Å². The Hall–Kier alpha value is -2.17. The topological polar surface area (TPSA) is 88.8 Å². The zero-order valence-corrected chi connectivity index (χ0v) is 18.5. The van der Waals surface area contributed by atoms with Crippen molar-refractivity contribution in [3.8, 4) is 5.75 Å². The number of hydrogen-bond acceptors (Lipinski definition) is 7. The van der Waals surface area contributed by atoms with Crippen molar-refractivity contribution in [2.75, 3.05) is 26.0 Å².